The molecule has 0 radical (unpaired) electrons. The third kappa shape index (κ3) is 6.43. The van der Waals surface area contributed by atoms with E-state index in [1.165, 1.54) is 11.0 Å². The number of carbonyl (C=O) groups excluding carboxylic acids is 1. The molecule has 1 amide bonds. The van der Waals surface area contributed by atoms with E-state index in [1.54, 1.807) is 12.1 Å². The summed E-state index contributed by atoms with van der Waals surface area (Å²) in [7, 11) is 0. The van der Waals surface area contributed by atoms with Crippen molar-refractivity contribution in [3.05, 3.63) is 99.3 Å². The summed E-state index contributed by atoms with van der Waals surface area (Å²) in [6.45, 7) is 3.97. The lowest BCUT2D eigenvalue weighted by atomic mass is 9.91. The molecule has 0 fully saturated rings. The Balaban J connectivity index is 1.42. The molecule has 1 heterocycles. The lowest BCUT2D eigenvalue weighted by Gasteiger charge is -2.24. The van der Waals surface area contributed by atoms with Gasteiger partial charge in [0.15, 0.2) is 0 Å². The fraction of sp³-hybridized carbons (Fsp3) is 0.310. The molecule has 1 atom stereocenters. The standard InChI is InChI=1S/C29H29ClFNO4/c1-19-4-3-5-20(12-19)10-11-32(18-28(34)35)27(33)15-21-7-9-26-23(13-21)17-29(2,36-26)16-22-6-8-24(30)25(31)14-22/h3-9,12-14H,10-11,15-18H2,1-2H3,(H,34,35)/t29-/m0/s1. The van der Waals surface area contributed by atoms with E-state index in [0.717, 1.165) is 33.6 Å². The number of amides is 1. The van der Waals surface area contributed by atoms with E-state index in [0.29, 0.717) is 25.8 Å². The maximum atomic E-state index is 13.9. The molecular weight excluding hydrogens is 481 g/mol. The number of carboxylic acids is 1. The van der Waals surface area contributed by atoms with E-state index >= 15 is 0 Å². The molecule has 1 aliphatic rings. The Hall–Kier alpha value is -3.38. The lowest BCUT2D eigenvalue weighted by Crippen LogP contribution is -2.38. The zero-order valence-electron chi connectivity index (χ0n) is 20.4. The van der Waals surface area contributed by atoms with Crippen molar-refractivity contribution in [2.45, 2.75) is 45.1 Å². The molecule has 3 aromatic rings. The predicted octanol–water partition coefficient (Wildman–Crippen LogP) is 5.42. The first-order valence-electron chi connectivity index (χ1n) is 11.9. The van der Waals surface area contributed by atoms with Crippen LogP contribution in [0, 0.1) is 12.7 Å². The van der Waals surface area contributed by atoms with Crippen LogP contribution < -0.4 is 4.74 Å². The van der Waals surface area contributed by atoms with Gasteiger partial charge in [0.05, 0.1) is 11.4 Å². The molecule has 3 aromatic carbocycles. The Morgan fingerprint density at radius 3 is 2.58 bits per heavy atom. The Morgan fingerprint density at radius 2 is 1.86 bits per heavy atom. The molecule has 36 heavy (non-hydrogen) atoms. The van der Waals surface area contributed by atoms with Crippen LogP contribution in [0.15, 0.2) is 60.7 Å². The van der Waals surface area contributed by atoms with Gasteiger partial charge in [-0.2, -0.15) is 0 Å². The van der Waals surface area contributed by atoms with Gasteiger partial charge in [0.2, 0.25) is 5.91 Å². The highest BCUT2D eigenvalue weighted by Crippen LogP contribution is 2.38. The minimum absolute atomic E-state index is 0.0877. The fourth-order valence-electron chi connectivity index (χ4n) is 4.74. The minimum atomic E-state index is -1.04. The van der Waals surface area contributed by atoms with Gasteiger partial charge in [-0.25, -0.2) is 4.39 Å². The summed E-state index contributed by atoms with van der Waals surface area (Å²) < 4.78 is 20.1. The van der Waals surface area contributed by atoms with Crippen molar-refractivity contribution in [2.24, 2.45) is 0 Å². The van der Waals surface area contributed by atoms with E-state index in [2.05, 4.69) is 0 Å². The summed E-state index contributed by atoms with van der Waals surface area (Å²) in [4.78, 5) is 25.9. The van der Waals surface area contributed by atoms with E-state index in [4.69, 9.17) is 16.3 Å². The second-order valence-electron chi connectivity index (χ2n) is 9.72. The van der Waals surface area contributed by atoms with Crippen molar-refractivity contribution < 1.29 is 23.8 Å². The van der Waals surface area contributed by atoms with Gasteiger partial charge in [0.1, 0.15) is 23.7 Å². The third-order valence-corrected chi connectivity index (χ3v) is 6.70. The van der Waals surface area contributed by atoms with Crippen molar-refractivity contribution in [3.8, 4) is 5.75 Å². The van der Waals surface area contributed by atoms with Gasteiger partial charge >= 0.3 is 5.97 Å². The second-order valence-corrected chi connectivity index (χ2v) is 10.1. The zero-order valence-corrected chi connectivity index (χ0v) is 21.1. The number of rotatable bonds is 9. The second kappa shape index (κ2) is 10.7. The largest absolute Gasteiger partial charge is 0.487 e. The number of ether oxygens (including phenoxy) is 1. The first-order chi connectivity index (χ1) is 17.1. The summed E-state index contributed by atoms with van der Waals surface area (Å²) in [6.07, 6.45) is 1.81. The highest BCUT2D eigenvalue weighted by molar-refractivity contribution is 6.30. The van der Waals surface area contributed by atoms with Gasteiger partial charge in [-0.1, -0.05) is 59.6 Å². The van der Waals surface area contributed by atoms with Gasteiger partial charge in [0.25, 0.3) is 0 Å². The van der Waals surface area contributed by atoms with E-state index in [1.807, 2.05) is 56.3 Å². The molecule has 1 N–H and O–H groups in total. The number of hydrogen-bond acceptors (Lipinski definition) is 3. The van der Waals surface area contributed by atoms with Crippen molar-refractivity contribution in [2.75, 3.05) is 13.1 Å². The number of carbonyl (C=O) groups is 2. The Kier molecular flexibility index (Phi) is 7.65. The fourth-order valence-corrected chi connectivity index (χ4v) is 4.86. The molecule has 1 aliphatic heterocycles. The van der Waals surface area contributed by atoms with Crippen molar-refractivity contribution >= 4 is 23.5 Å². The first kappa shape index (κ1) is 25.7. The number of carboxylic acid groups (broad SMARTS) is 1. The number of hydrogen-bond donors (Lipinski definition) is 1. The van der Waals surface area contributed by atoms with Crippen LogP contribution >= 0.6 is 11.6 Å². The van der Waals surface area contributed by atoms with Gasteiger partial charge in [-0.15, -0.1) is 0 Å². The average molecular weight is 510 g/mol. The smallest absolute Gasteiger partial charge is 0.323 e. The quantitative estimate of drug-likeness (QED) is 0.418. The SMILES string of the molecule is Cc1cccc(CCN(CC(=O)O)C(=O)Cc2ccc3c(c2)C[C@](C)(Cc2ccc(Cl)c(F)c2)O3)c1. The van der Waals surface area contributed by atoms with Crippen LogP contribution in [0.1, 0.15) is 34.7 Å². The molecular formula is C29H29ClFNO4. The van der Waals surface area contributed by atoms with Crippen LogP contribution in [0.2, 0.25) is 5.02 Å². The van der Waals surface area contributed by atoms with Gasteiger partial charge in [-0.05, 0) is 60.7 Å². The Labute approximate surface area is 215 Å². The molecule has 7 heteroatoms. The zero-order chi connectivity index (χ0) is 25.9. The molecule has 0 saturated carbocycles. The molecule has 0 spiro atoms. The summed E-state index contributed by atoms with van der Waals surface area (Å²) in [6, 6.07) is 18.4. The number of fused-ring (bicyclic) bond motifs is 1. The van der Waals surface area contributed by atoms with Gasteiger partial charge in [0, 0.05) is 19.4 Å². The van der Waals surface area contributed by atoms with Gasteiger partial charge < -0.3 is 14.7 Å². The normalized spacial score (nSPS) is 16.3. The van der Waals surface area contributed by atoms with Crippen LogP contribution in [0.4, 0.5) is 4.39 Å². The van der Waals surface area contributed by atoms with Crippen LogP contribution in [-0.4, -0.2) is 40.6 Å². The van der Waals surface area contributed by atoms with E-state index < -0.39 is 17.4 Å². The molecule has 4 rings (SSSR count). The lowest BCUT2D eigenvalue weighted by molar-refractivity contribution is -0.144. The molecule has 188 valence electrons. The van der Waals surface area contributed by atoms with Gasteiger partial charge in [-0.3, -0.25) is 9.59 Å². The first-order valence-corrected chi connectivity index (χ1v) is 12.3. The molecule has 0 aromatic heterocycles. The summed E-state index contributed by atoms with van der Waals surface area (Å²) >= 11 is 5.80. The number of benzene rings is 3. The molecule has 0 unspecified atom stereocenters. The number of nitrogens with zero attached hydrogens (tertiary/aromatic N) is 1. The predicted molar refractivity (Wildman–Crippen MR) is 137 cm³/mol. The third-order valence-electron chi connectivity index (χ3n) is 6.39. The van der Waals surface area contributed by atoms with Crippen LogP contribution in [0.5, 0.6) is 5.75 Å². The van der Waals surface area contributed by atoms with Crippen molar-refractivity contribution in [3.63, 3.8) is 0 Å². The van der Waals surface area contributed by atoms with Crippen molar-refractivity contribution in [1.82, 2.24) is 4.90 Å². The maximum Gasteiger partial charge on any atom is 0.323 e. The number of aliphatic carboxylic acids is 1. The molecule has 0 aliphatic carbocycles. The molecule has 0 bridgehead atoms. The van der Waals surface area contributed by atoms with Crippen LogP contribution in [0.3, 0.4) is 0 Å². The summed E-state index contributed by atoms with van der Waals surface area (Å²) in [5.41, 5.74) is 4.20. The highest BCUT2D eigenvalue weighted by atomic mass is 35.5. The Bertz CT molecular complexity index is 1290. The minimum Gasteiger partial charge on any atom is -0.487 e. The van der Waals surface area contributed by atoms with Crippen molar-refractivity contribution in [1.29, 1.82) is 0 Å². The maximum absolute atomic E-state index is 13.9. The average Bonchev–Trinajstić information content (AvgIpc) is 3.13. The topological polar surface area (TPSA) is 66.8 Å². The van der Waals surface area contributed by atoms with Crippen LogP contribution in [-0.2, 0) is 35.3 Å². The monoisotopic (exact) mass is 509 g/mol. The molecule has 0 saturated heterocycles. The van der Waals surface area contributed by atoms with E-state index in [-0.39, 0.29) is 23.9 Å². The summed E-state index contributed by atoms with van der Waals surface area (Å²) in [5, 5.41) is 9.42. The van der Waals surface area contributed by atoms with E-state index in [9.17, 15) is 19.1 Å². The highest BCUT2D eigenvalue weighted by Gasteiger charge is 2.35. The van der Waals surface area contributed by atoms with Crippen LogP contribution in [0.25, 0.3) is 0 Å². The molecule has 5 nitrogen and oxygen atoms in total. The Morgan fingerprint density at radius 1 is 1.08 bits per heavy atom. The number of aryl methyl sites for hydroxylation is 1. The number of halogens is 2. The summed E-state index contributed by atoms with van der Waals surface area (Å²) in [5.74, 6) is -0.986.